The van der Waals surface area contributed by atoms with Gasteiger partial charge < -0.3 is 33.8 Å². The molecule has 0 aliphatic carbocycles. The standard InChI is InChI=1S/C69H134O17P2/c1-7-11-13-15-17-19-27-33-39-45-51-66(71)79-57-64(85-68(73)53-47-41-35-28-20-18-16-14-12-8-2)59-83-87(75,76)81-55-63(70)56-82-88(77,78)84-60-65(86-69(74)54-48-42-36-30-24-22-26-32-38-44-50-62(6)10-4)58-80-67(72)52-46-40-34-29-23-21-25-31-37-43-49-61(5)9-3/h61-65,70H,7-60H2,1-6H3,(H,75,76)(H,77,78)/t61?,62?,63-,64+,65+/m0/s1. The maximum absolute atomic E-state index is 13.0. The summed E-state index contributed by atoms with van der Waals surface area (Å²) in [5, 5.41) is 10.6. The molecular formula is C69H134O17P2. The van der Waals surface area contributed by atoms with Gasteiger partial charge in [-0.1, -0.05) is 298 Å². The molecule has 17 nitrogen and oxygen atoms in total. The van der Waals surface area contributed by atoms with Gasteiger partial charge in [-0.3, -0.25) is 37.3 Å². The van der Waals surface area contributed by atoms with Gasteiger partial charge in [0.25, 0.3) is 0 Å². The zero-order chi connectivity index (χ0) is 65.0. The molecule has 0 spiro atoms. The van der Waals surface area contributed by atoms with Crippen LogP contribution in [0, 0.1) is 11.8 Å². The number of phosphoric ester groups is 2. The quantitative estimate of drug-likeness (QED) is 0.0222. The van der Waals surface area contributed by atoms with Crippen LogP contribution in [0.25, 0.3) is 0 Å². The summed E-state index contributed by atoms with van der Waals surface area (Å²) in [6.45, 7) is 9.58. The number of carbonyl (C=O) groups is 4. The second-order valence-electron chi connectivity index (χ2n) is 25.4. The Kier molecular flexibility index (Phi) is 59.9. The first kappa shape index (κ1) is 86.1. The summed E-state index contributed by atoms with van der Waals surface area (Å²) in [5.41, 5.74) is 0. The number of ether oxygens (including phenoxy) is 4. The highest BCUT2D eigenvalue weighted by molar-refractivity contribution is 7.47. The smallest absolute Gasteiger partial charge is 0.462 e. The molecule has 0 radical (unpaired) electrons. The largest absolute Gasteiger partial charge is 0.472 e. The van der Waals surface area contributed by atoms with E-state index in [2.05, 4.69) is 41.5 Å². The summed E-state index contributed by atoms with van der Waals surface area (Å²) in [6.07, 6.45) is 45.5. The van der Waals surface area contributed by atoms with Gasteiger partial charge in [-0.25, -0.2) is 9.13 Å². The molecule has 4 unspecified atom stereocenters. The number of carbonyl (C=O) groups excluding carboxylic acids is 4. The fraction of sp³-hybridized carbons (Fsp3) is 0.942. The Hall–Kier alpha value is -1.94. The molecule has 0 saturated carbocycles. The summed E-state index contributed by atoms with van der Waals surface area (Å²) in [4.78, 5) is 72.5. The highest BCUT2D eigenvalue weighted by atomic mass is 31.2. The molecule has 0 aromatic heterocycles. The molecule has 0 amide bonds. The molecular weight excluding hydrogens is 1160 g/mol. The number of hydrogen-bond acceptors (Lipinski definition) is 15. The maximum Gasteiger partial charge on any atom is 0.472 e. The van der Waals surface area contributed by atoms with Crippen molar-refractivity contribution < 1.29 is 80.2 Å². The molecule has 0 bridgehead atoms. The molecule has 0 rings (SSSR count). The van der Waals surface area contributed by atoms with Gasteiger partial charge >= 0.3 is 39.5 Å². The van der Waals surface area contributed by atoms with E-state index in [0.717, 1.165) is 102 Å². The van der Waals surface area contributed by atoms with Crippen LogP contribution in [-0.4, -0.2) is 96.7 Å². The van der Waals surface area contributed by atoms with Crippen LogP contribution in [0.1, 0.15) is 350 Å². The summed E-state index contributed by atoms with van der Waals surface area (Å²) in [7, 11) is -9.90. The third-order valence-electron chi connectivity index (χ3n) is 16.7. The highest BCUT2D eigenvalue weighted by Crippen LogP contribution is 2.45. The first-order chi connectivity index (χ1) is 42.4. The van der Waals surface area contributed by atoms with Gasteiger partial charge in [0.2, 0.25) is 0 Å². The average Bonchev–Trinajstić information content (AvgIpc) is 3.59. The molecule has 0 aliphatic rings. The molecule has 88 heavy (non-hydrogen) atoms. The summed E-state index contributed by atoms with van der Waals surface area (Å²) >= 11 is 0. The Labute approximate surface area is 537 Å². The van der Waals surface area contributed by atoms with Gasteiger partial charge in [0.1, 0.15) is 19.3 Å². The lowest BCUT2D eigenvalue weighted by Crippen LogP contribution is -2.30. The topological polar surface area (TPSA) is 237 Å². The van der Waals surface area contributed by atoms with Gasteiger partial charge in [0.15, 0.2) is 12.2 Å². The second kappa shape index (κ2) is 61.3. The van der Waals surface area contributed by atoms with Crippen LogP contribution in [0.5, 0.6) is 0 Å². The van der Waals surface area contributed by atoms with Gasteiger partial charge in [-0.15, -0.1) is 0 Å². The van der Waals surface area contributed by atoms with Crippen LogP contribution in [-0.2, 0) is 65.4 Å². The third-order valence-corrected chi connectivity index (χ3v) is 18.6. The molecule has 0 heterocycles. The zero-order valence-electron chi connectivity index (χ0n) is 57.0. The summed E-state index contributed by atoms with van der Waals surface area (Å²) in [6, 6.07) is 0. The van der Waals surface area contributed by atoms with Crippen molar-refractivity contribution in [2.24, 2.45) is 11.8 Å². The number of aliphatic hydroxyl groups is 1. The first-order valence-corrected chi connectivity index (χ1v) is 39.1. The first-order valence-electron chi connectivity index (χ1n) is 36.1. The fourth-order valence-corrected chi connectivity index (χ4v) is 11.9. The Morgan fingerprint density at radius 1 is 0.318 bits per heavy atom. The van der Waals surface area contributed by atoms with Crippen LogP contribution in [0.4, 0.5) is 0 Å². The summed E-state index contributed by atoms with van der Waals surface area (Å²) in [5.74, 6) is -0.513. The predicted octanol–water partition coefficient (Wildman–Crippen LogP) is 19.6. The van der Waals surface area contributed by atoms with Crippen molar-refractivity contribution in [1.29, 1.82) is 0 Å². The Bertz CT molecular complexity index is 1720. The fourth-order valence-electron chi connectivity index (χ4n) is 10.4. The average molecular weight is 1300 g/mol. The van der Waals surface area contributed by atoms with Crippen molar-refractivity contribution in [2.75, 3.05) is 39.6 Å². The molecule has 0 aromatic rings. The molecule has 7 atom stereocenters. The second-order valence-corrected chi connectivity index (χ2v) is 28.3. The van der Waals surface area contributed by atoms with E-state index < -0.39 is 97.5 Å². The van der Waals surface area contributed by atoms with E-state index in [-0.39, 0.29) is 25.7 Å². The zero-order valence-corrected chi connectivity index (χ0v) is 58.8. The van der Waals surface area contributed by atoms with Crippen LogP contribution in [0.2, 0.25) is 0 Å². The van der Waals surface area contributed by atoms with E-state index in [1.165, 1.54) is 167 Å². The molecule has 522 valence electrons. The number of phosphoric acid groups is 2. The lowest BCUT2D eigenvalue weighted by atomic mass is 9.99. The van der Waals surface area contributed by atoms with Crippen LogP contribution in [0.15, 0.2) is 0 Å². The van der Waals surface area contributed by atoms with Crippen LogP contribution < -0.4 is 0 Å². The van der Waals surface area contributed by atoms with Gasteiger partial charge in [0.05, 0.1) is 26.4 Å². The van der Waals surface area contributed by atoms with Crippen LogP contribution >= 0.6 is 15.6 Å². The Balaban J connectivity index is 5.25. The number of unbranched alkanes of at least 4 members (excludes halogenated alkanes) is 36. The van der Waals surface area contributed by atoms with E-state index in [1.807, 2.05) is 0 Å². The predicted molar refractivity (Wildman–Crippen MR) is 354 cm³/mol. The molecule has 0 aromatic carbocycles. The molecule has 0 saturated heterocycles. The van der Waals surface area contributed by atoms with E-state index in [1.54, 1.807) is 0 Å². The Morgan fingerprint density at radius 3 is 0.807 bits per heavy atom. The van der Waals surface area contributed by atoms with Crippen molar-refractivity contribution in [3.8, 4) is 0 Å². The minimum Gasteiger partial charge on any atom is -0.462 e. The minimum atomic E-state index is -4.95. The monoisotopic (exact) mass is 1300 g/mol. The van der Waals surface area contributed by atoms with Crippen molar-refractivity contribution in [3.63, 3.8) is 0 Å². The number of esters is 4. The van der Waals surface area contributed by atoms with Crippen LogP contribution in [0.3, 0.4) is 0 Å². The van der Waals surface area contributed by atoms with E-state index >= 15 is 0 Å². The van der Waals surface area contributed by atoms with E-state index in [4.69, 9.17) is 37.0 Å². The number of rotatable bonds is 68. The Morgan fingerprint density at radius 2 is 0.545 bits per heavy atom. The summed E-state index contributed by atoms with van der Waals surface area (Å²) < 4.78 is 68.2. The molecule has 19 heteroatoms. The normalized spacial score (nSPS) is 14.8. The lowest BCUT2D eigenvalue weighted by molar-refractivity contribution is -0.161. The van der Waals surface area contributed by atoms with E-state index in [9.17, 15) is 43.2 Å². The van der Waals surface area contributed by atoms with Gasteiger partial charge in [0, 0.05) is 25.7 Å². The highest BCUT2D eigenvalue weighted by Gasteiger charge is 2.30. The maximum atomic E-state index is 13.0. The van der Waals surface area contributed by atoms with Crippen molar-refractivity contribution in [2.45, 2.75) is 368 Å². The SMILES string of the molecule is CCCCCCCCCCCCC(=O)OC[C@H](COP(=O)(O)OC[C@H](O)COP(=O)(O)OC[C@@H](COC(=O)CCCCCCCCCCCCC(C)CC)OC(=O)CCCCCCCCCCCCC(C)CC)OC(=O)CCCCCCCCCCCC. The number of hydrogen-bond donors (Lipinski definition) is 3. The minimum absolute atomic E-state index is 0.106. The number of aliphatic hydroxyl groups excluding tert-OH is 1. The third kappa shape index (κ3) is 60.3. The van der Waals surface area contributed by atoms with Crippen molar-refractivity contribution in [3.05, 3.63) is 0 Å². The lowest BCUT2D eigenvalue weighted by Gasteiger charge is -2.21. The molecule has 3 N–H and O–H groups in total. The van der Waals surface area contributed by atoms with Crippen molar-refractivity contribution >= 4 is 39.5 Å². The molecule has 0 fully saturated rings. The molecule has 0 aliphatic heterocycles. The van der Waals surface area contributed by atoms with Crippen molar-refractivity contribution in [1.82, 2.24) is 0 Å². The van der Waals surface area contributed by atoms with E-state index in [0.29, 0.717) is 25.7 Å². The van der Waals surface area contributed by atoms with Gasteiger partial charge in [-0.05, 0) is 37.5 Å². The van der Waals surface area contributed by atoms with Gasteiger partial charge in [-0.2, -0.15) is 0 Å².